The molecule has 0 spiro atoms. The summed E-state index contributed by atoms with van der Waals surface area (Å²) in [6.07, 6.45) is 0.105. The van der Waals surface area contributed by atoms with Crippen LogP contribution in [0.1, 0.15) is 31.7 Å². The van der Waals surface area contributed by atoms with E-state index in [9.17, 15) is 24.4 Å². The molecular formula is C24H28Cl2N4O6S. The number of anilines is 2. The van der Waals surface area contributed by atoms with Crippen molar-refractivity contribution in [1.29, 1.82) is 0 Å². The maximum atomic E-state index is 12.1. The van der Waals surface area contributed by atoms with Gasteiger partial charge in [0, 0.05) is 35.3 Å². The highest BCUT2D eigenvalue weighted by Gasteiger charge is 2.24. The van der Waals surface area contributed by atoms with Crippen LogP contribution in [0.4, 0.5) is 11.4 Å². The minimum absolute atomic E-state index is 0.0661. The number of para-hydroxylation sites is 2. The van der Waals surface area contributed by atoms with E-state index in [1.165, 1.54) is 0 Å². The van der Waals surface area contributed by atoms with E-state index in [0.29, 0.717) is 27.0 Å². The zero-order valence-corrected chi connectivity index (χ0v) is 22.6. The molecule has 37 heavy (non-hydrogen) atoms. The van der Waals surface area contributed by atoms with Crippen molar-refractivity contribution in [2.24, 2.45) is 4.58 Å². The molecule has 2 amide bonds. The number of ether oxygens (including phenoxy) is 1. The fourth-order valence-corrected chi connectivity index (χ4v) is 4.05. The molecule has 0 aliphatic carbocycles. The van der Waals surface area contributed by atoms with Crippen molar-refractivity contribution in [2.45, 2.75) is 30.9 Å². The van der Waals surface area contributed by atoms with Gasteiger partial charge in [0.25, 0.3) is 0 Å². The van der Waals surface area contributed by atoms with E-state index >= 15 is 0 Å². The van der Waals surface area contributed by atoms with Crippen LogP contribution in [-0.4, -0.2) is 53.9 Å². The Kier molecular flexibility index (Phi) is 12.1. The average molecular weight is 571 g/mol. The Morgan fingerprint density at radius 2 is 1.65 bits per heavy atom. The van der Waals surface area contributed by atoms with Crippen LogP contribution in [0.2, 0.25) is 10.0 Å². The molecule has 0 saturated heterocycles. The number of hydrogen-bond donors (Lipinski definition) is 4. The van der Waals surface area contributed by atoms with Crippen LogP contribution >= 0.6 is 35.1 Å². The Morgan fingerprint density at radius 3 is 2.27 bits per heavy atom. The molecule has 0 heterocycles. The van der Waals surface area contributed by atoms with E-state index in [0.717, 1.165) is 11.9 Å². The van der Waals surface area contributed by atoms with Crippen molar-refractivity contribution in [3.8, 4) is 0 Å². The molecule has 2 aromatic rings. The molecular weight excluding hydrogens is 543 g/mol. The zero-order valence-electron chi connectivity index (χ0n) is 20.3. The van der Waals surface area contributed by atoms with Gasteiger partial charge in [-0.25, -0.2) is 0 Å². The van der Waals surface area contributed by atoms with Gasteiger partial charge in [-0.15, -0.1) is 4.91 Å². The number of halogens is 2. The third-order valence-corrected chi connectivity index (χ3v) is 6.42. The summed E-state index contributed by atoms with van der Waals surface area (Å²) < 4.78 is 7.30. The first-order valence-corrected chi connectivity index (χ1v) is 12.7. The molecule has 0 fully saturated rings. The number of nitrogens with one attached hydrogen (secondary N) is 3. The highest BCUT2D eigenvalue weighted by molar-refractivity contribution is 7.99. The van der Waals surface area contributed by atoms with Gasteiger partial charge in [-0.1, -0.05) is 47.5 Å². The van der Waals surface area contributed by atoms with Gasteiger partial charge in [0.15, 0.2) is 0 Å². The molecule has 0 bridgehead atoms. The number of nitroso groups, excluding NO2 is 1. The van der Waals surface area contributed by atoms with Crippen LogP contribution in [0.15, 0.2) is 47.0 Å². The summed E-state index contributed by atoms with van der Waals surface area (Å²) >= 11 is 13.3. The Labute approximate surface area is 228 Å². The molecule has 0 aliphatic rings. The molecule has 4 N–H and O–H groups in total. The molecule has 0 saturated carbocycles. The number of carbonyl (C=O) groups is 3. The lowest BCUT2D eigenvalue weighted by molar-refractivity contribution is -0.139. The minimum atomic E-state index is -1.06. The molecule has 2 aromatic carbocycles. The van der Waals surface area contributed by atoms with Crippen molar-refractivity contribution in [2.75, 3.05) is 31.6 Å². The number of hydrogen-bond acceptors (Lipinski definition) is 8. The maximum Gasteiger partial charge on any atom is 0.311 e. The topological polar surface area (TPSA) is 146 Å². The van der Waals surface area contributed by atoms with Crippen LogP contribution in [0, 0.1) is 4.91 Å². The summed E-state index contributed by atoms with van der Waals surface area (Å²) in [6, 6.07) is 11.9. The number of nitrogens with zero attached hydrogens (tertiary/aromatic N) is 1. The van der Waals surface area contributed by atoms with E-state index in [2.05, 4.69) is 20.5 Å². The first kappa shape index (κ1) is 30.4. The summed E-state index contributed by atoms with van der Waals surface area (Å²) in [5.41, 5.74) is 1.48. The van der Waals surface area contributed by atoms with Crippen LogP contribution in [0.3, 0.4) is 0 Å². The molecule has 1 unspecified atom stereocenters. The highest BCUT2D eigenvalue weighted by Crippen LogP contribution is 2.36. The number of carboxylic acid groups (broad SMARTS) is 1. The first-order valence-electron chi connectivity index (χ1n) is 11.2. The molecule has 2 rings (SSSR count). The highest BCUT2D eigenvalue weighted by atomic mass is 35.5. The molecule has 1 atom stereocenters. The Bertz CT molecular complexity index is 1100. The van der Waals surface area contributed by atoms with Crippen LogP contribution in [0.5, 0.6) is 0 Å². The second kappa shape index (κ2) is 14.8. The van der Waals surface area contributed by atoms with Gasteiger partial charge < -0.3 is 25.8 Å². The lowest BCUT2D eigenvalue weighted by atomic mass is 9.94. The van der Waals surface area contributed by atoms with Gasteiger partial charge >= 0.3 is 5.97 Å². The molecule has 200 valence electrons. The van der Waals surface area contributed by atoms with Gasteiger partial charge in [0.05, 0.1) is 26.4 Å². The third kappa shape index (κ3) is 10.2. The zero-order chi connectivity index (χ0) is 27.4. The first-order chi connectivity index (χ1) is 17.5. The SMILES string of the molecule is CC(C)(CNC(=O)COCC(=O)NCCC(C(=O)O)c1ccccc1Nc1c(Cl)cccc1Cl)SN=O. The molecule has 0 aliphatic heterocycles. The van der Waals surface area contributed by atoms with Crippen LogP contribution < -0.4 is 16.0 Å². The van der Waals surface area contributed by atoms with Gasteiger partial charge in [-0.05, 0) is 44.0 Å². The van der Waals surface area contributed by atoms with Gasteiger partial charge in [0.1, 0.15) is 13.2 Å². The van der Waals surface area contributed by atoms with Gasteiger partial charge in [-0.2, -0.15) is 0 Å². The molecule has 0 aromatic heterocycles. The van der Waals surface area contributed by atoms with Crippen LogP contribution in [-0.2, 0) is 19.1 Å². The Balaban J connectivity index is 1.88. The fourth-order valence-electron chi connectivity index (χ4n) is 3.22. The second-order valence-electron chi connectivity index (χ2n) is 8.53. The van der Waals surface area contributed by atoms with E-state index in [-0.39, 0.29) is 32.7 Å². The molecule has 13 heteroatoms. The number of rotatable bonds is 15. The lowest BCUT2D eigenvalue weighted by Gasteiger charge is -2.20. The number of benzene rings is 2. The average Bonchev–Trinajstić information content (AvgIpc) is 2.83. The van der Waals surface area contributed by atoms with Gasteiger partial charge in [0.2, 0.25) is 11.8 Å². The van der Waals surface area contributed by atoms with Crippen molar-refractivity contribution in [3.63, 3.8) is 0 Å². The minimum Gasteiger partial charge on any atom is -0.481 e. The second-order valence-corrected chi connectivity index (χ2v) is 10.8. The van der Waals surface area contributed by atoms with Crippen molar-refractivity contribution < 1.29 is 24.2 Å². The van der Waals surface area contributed by atoms with E-state index in [1.807, 2.05) is 0 Å². The van der Waals surface area contributed by atoms with E-state index < -0.39 is 28.4 Å². The monoisotopic (exact) mass is 570 g/mol. The van der Waals surface area contributed by atoms with E-state index in [4.69, 9.17) is 27.9 Å². The smallest absolute Gasteiger partial charge is 0.311 e. The Hall–Kier alpha value is -2.86. The summed E-state index contributed by atoms with van der Waals surface area (Å²) in [5, 5.41) is 18.9. The number of aliphatic carboxylic acids is 1. The Morgan fingerprint density at radius 1 is 1.03 bits per heavy atom. The molecule has 0 radical (unpaired) electrons. The molecule has 10 nitrogen and oxygen atoms in total. The summed E-state index contributed by atoms with van der Waals surface area (Å²) in [5.74, 6) is -2.93. The lowest BCUT2D eigenvalue weighted by Crippen LogP contribution is -2.38. The largest absolute Gasteiger partial charge is 0.481 e. The van der Waals surface area contributed by atoms with E-state index in [1.54, 1.807) is 56.3 Å². The van der Waals surface area contributed by atoms with Crippen molar-refractivity contribution in [1.82, 2.24) is 10.6 Å². The quantitative estimate of drug-likeness (QED) is 0.177. The maximum absolute atomic E-state index is 12.1. The third-order valence-electron chi connectivity index (χ3n) is 5.07. The number of carbonyl (C=O) groups excluding carboxylic acids is 2. The van der Waals surface area contributed by atoms with Crippen molar-refractivity contribution in [3.05, 3.63) is 63.0 Å². The number of carboxylic acids is 1. The summed E-state index contributed by atoms with van der Waals surface area (Å²) in [4.78, 5) is 46.3. The van der Waals surface area contributed by atoms with Crippen molar-refractivity contribution >= 4 is 64.3 Å². The predicted molar refractivity (Wildman–Crippen MR) is 145 cm³/mol. The summed E-state index contributed by atoms with van der Waals surface area (Å²) in [6.45, 7) is 3.05. The van der Waals surface area contributed by atoms with Crippen LogP contribution in [0.25, 0.3) is 0 Å². The fraction of sp³-hybridized carbons (Fsp3) is 0.375. The normalized spacial score (nSPS) is 11.9. The summed E-state index contributed by atoms with van der Waals surface area (Å²) in [7, 11) is 0. The standard InChI is InChI=1S/C24H28Cl2N4O6S/c1-24(2,37-30-35)14-28-21(32)13-36-12-20(31)27-11-10-16(23(33)34)15-6-3-4-9-19(15)29-22-17(25)7-5-8-18(22)26/h3-9,16,29H,10-14H2,1-2H3,(H,27,31)(H,28,32)(H,33,34). The predicted octanol–water partition coefficient (Wildman–Crippen LogP) is 4.74. The van der Waals surface area contributed by atoms with Gasteiger partial charge in [-0.3, -0.25) is 14.4 Å². The number of amides is 2.